The molecule has 1 N–H and O–H groups in total. The van der Waals surface area contributed by atoms with Crippen molar-refractivity contribution in [2.75, 3.05) is 0 Å². The first-order valence-electron chi connectivity index (χ1n) is 8.10. The zero-order valence-electron chi connectivity index (χ0n) is 13.5. The molecule has 25 heavy (non-hydrogen) atoms. The van der Waals surface area contributed by atoms with E-state index in [1.807, 2.05) is 0 Å². The van der Waals surface area contributed by atoms with Gasteiger partial charge in [-0.15, -0.1) is 0 Å². The van der Waals surface area contributed by atoms with Gasteiger partial charge >= 0.3 is 0 Å². The molecule has 3 unspecified atom stereocenters. The Hall–Kier alpha value is -1.64. The first kappa shape index (κ1) is 18.2. The topological polar surface area (TPSA) is 59.3 Å². The Bertz CT molecular complexity index is 769. The maximum atomic E-state index is 14.4. The second-order valence-corrected chi connectivity index (χ2v) is 7.26. The van der Waals surface area contributed by atoms with Crippen LogP contribution in [0.15, 0.2) is 23.1 Å². The molecule has 1 amide bonds. The molecule has 4 atom stereocenters. The second-order valence-electron chi connectivity index (χ2n) is 6.40. The molecule has 2 heterocycles. The van der Waals surface area contributed by atoms with E-state index in [0.717, 1.165) is 0 Å². The smallest absolute Gasteiger partial charge is 0.253 e. The molecule has 1 fully saturated rings. The fourth-order valence-corrected chi connectivity index (χ4v) is 3.95. The fraction of sp³-hybridized carbons (Fsp3) is 0.562. The van der Waals surface area contributed by atoms with Crippen LogP contribution in [0.25, 0.3) is 5.65 Å². The van der Waals surface area contributed by atoms with Crippen LogP contribution in [0, 0.1) is 11.8 Å². The summed E-state index contributed by atoms with van der Waals surface area (Å²) >= 11 is 3.32. The number of hydrogen-bond acceptors (Lipinski definition) is 3. The molecule has 0 aliphatic heterocycles. The van der Waals surface area contributed by atoms with Gasteiger partial charge in [0.2, 0.25) is 6.43 Å². The van der Waals surface area contributed by atoms with Crippen LogP contribution in [-0.2, 0) is 0 Å². The molecule has 3 rings (SSSR count). The van der Waals surface area contributed by atoms with Gasteiger partial charge in [-0.25, -0.2) is 22.7 Å². The predicted octanol–water partition coefficient (Wildman–Crippen LogP) is 3.63. The summed E-state index contributed by atoms with van der Waals surface area (Å²) in [6.07, 6.45) is -0.199. The quantitative estimate of drug-likeness (QED) is 0.824. The summed E-state index contributed by atoms with van der Waals surface area (Å²) in [5, 5.41) is 6.72. The molecule has 2 aromatic rings. The van der Waals surface area contributed by atoms with E-state index in [2.05, 4.69) is 31.3 Å². The normalized spacial score (nSPS) is 25.3. The van der Waals surface area contributed by atoms with Crippen molar-refractivity contribution in [2.24, 2.45) is 11.8 Å². The van der Waals surface area contributed by atoms with E-state index in [1.165, 1.54) is 17.0 Å². The van der Waals surface area contributed by atoms with Crippen molar-refractivity contribution >= 4 is 27.5 Å². The number of pyridine rings is 1. The largest absolute Gasteiger partial charge is 0.349 e. The van der Waals surface area contributed by atoms with Gasteiger partial charge < -0.3 is 5.32 Å². The molecule has 2 aromatic heterocycles. The fourth-order valence-electron chi connectivity index (χ4n) is 3.42. The molecule has 0 saturated heterocycles. The van der Waals surface area contributed by atoms with Gasteiger partial charge in [0.1, 0.15) is 12.5 Å². The number of nitrogens with one attached hydrogen (secondary N) is 1. The van der Waals surface area contributed by atoms with E-state index in [0.29, 0.717) is 28.5 Å². The van der Waals surface area contributed by atoms with Gasteiger partial charge in [-0.2, -0.15) is 5.10 Å². The minimum atomic E-state index is -2.67. The van der Waals surface area contributed by atoms with Crippen molar-refractivity contribution in [2.45, 2.75) is 44.8 Å². The lowest BCUT2D eigenvalue weighted by atomic mass is 9.76. The van der Waals surface area contributed by atoms with Crippen molar-refractivity contribution in [3.05, 3.63) is 28.6 Å². The summed E-state index contributed by atoms with van der Waals surface area (Å²) in [5.74, 6) is -2.27. The zero-order valence-corrected chi connectivity index (χ0v) is 15.1. The van der Waals surface area contributed by atoms with Crippen molar-refractivity contribution in [3.8, 4) is 0 Å². The van der Waals surface area contributed by atoms with E-state index in [-0.39, 0.29) is 6.42 Å². The number of fused-ring (bicyclic) bond motifs is 1. The molecule has 5 nitrogen and oxygen atoms in total. The van der Waals surface area contributed by atoms with Crippen LogP contribution in [-0.4, -0.2) is 39.1 Å². The molecular weight excluding hydrogens is 401 g/mol. The van der Waals surface area contributed by atoms with Gasteiger partial charge in [-0.3, -0.25) is 4.79 Å². The van der Waals surface area contributed by atoms with Gasteiger partial charge in [0, 0.05) is 18.2 Å². The van der Waals surface area contributed by atoms with E-state index in [1.54, 1.807) is 13.0 Å². The third kappa shape index (κ3) is 3.65. The molecule has 1 aliphatic carbocycles. The monoisotopic (exact) mass is 418 g/mol. The van der Waals surface area contributed by atoms with Crippen LogP contribution in [0.1, 0.15) is 36.5 Å². The van der Waals surface area contributed by atoms with Gasteiger partial charge in [-0.1, -0.05) is 6.42 Å². The number of alkyl halides is 3. The number of halogens is 4. The molecule has 0 spiro atoms. The van der Waals surface area contributed by atoms with Crippen molar-refractivity contribution in [1.82, 2.24) is 19.9 Å². The van der Waals surface area contributed by atoms with Crippen molar-refractivity contribution in [3.63, 3.8) is 0 Å². The number of amides is 1. The maximum Gasteiger partial charge on any atom is 0.253 e. The van der Waals surface area contributed by atoms with Crippen LogP contribution in [0.5, 0.6) is 0 Å². The van der Waals surface area contributed by atoms with E-state index < -0.39 is 36.4 Å². The average Bonchev–Trinajstić information content (AvgIpc) is 3.03. The number of aromatic nitrogens is 3. The Morgan fingerprint density at radius 1 is 1.40 bits per heavy atom. The highest BCUT2D eigenvalue weighted by atomic mass is 79.9. The number of carbonyl (C=O) groups excluding carboxylic acids is 1. The summed E-state index contributed by atoms with van der Waals surface area (Å²) in [4.78, 5) is 16.5. The Morgan fingerprint density at radius 3 is 2.84 bits per heavy atom. The summed E-state index contributed by atoms with van der Waals surface area (Å²) in [6.45, 7) is 1.66. The molecule has 1 saturated carbocycles. The van der Waals surface area contributed by atoms with Gasteiger partial charge in [-0.05, 0) is 41.8 Å². The zero-order chi connectivity index (χ0) is 18.1. The molecule has 9 heteroatoms. The highest BCUT2D eigenvalue weighted by molar-refractivity contribution is 9.10. The summed E-state index contributed by atoms with van der Waals surface area (Å²) in [7, 11) is 0. The molecule has 0 radical (unpaired) electrons. The summed E-state index contributed by atoms with van der Waals surface area (Å²) in [6, 6.07) is 1.05. The predicted molar refractivity (Wildman–Crippen MR) is 89.3 cm³/mol. The molecule has 0 aromatic carbocycles. The van der Waals surface area contributed by atoms with Gasteiger partial charge in [0.25, 0.3) is 5.91 Å². The lowest BCUT2D eigenvalue weighted by Crippen LogP contribution is -2.46. The average molecular weight is 419 g/mol. The Labute approximate surface area is 151 Å². The van der Waals surface area contributed by atoms with E-state index in [9.17, 15) is 18.0 Å². The van der Waals surface area contributed by atoms with E-state index >= 15 is 0 Å². The standard InChI is InChI=1S/C16H18BrF3N4O/c1-8(10-3-2-4-11(13(10)18)14(19)20)23-16(25)9-5-12(17)15-21-7-22-24(15)6-9/h5-8,10-11,13-14H,2-4H2,1H3,(H,23,25)/t8-,10?,11?,13?/m1/s1. The second kappa shape index (κ2) is 7.31. The number of carbonyl (C=O) groups is 1. The molecular formula is C16H18BrF3N4O. The Morgan fingerprint density at radius 2 is 2.12 bits per heavy atom. The number of nitrogens with zero attached hydrogens (tertiary/aromatic N) is 3. The Kier molecular flexibility index (Phi) is 5.31. The first-order chi connectivity index (χ1) is 11.9. The maximum absolute atomic E-state index is 14.4. The minimum absolute atomic E-state index is 0.186. The highest BCUT2D eigenvalue weighted by Gasteiger charge is 2.41. The van der Waals surface area contributed by atoms with Crippen LogP contribution >= 0.6 is 15.9 Å². The minimum Gasteiger partial charge on any atom is -0.349 e. The van der Waals surface area contributed by atoms with Crippen LogP contribution in [0.4, 0.5) is 13.2 Å². The van der Waals surface area contributed by atoms with Crippen LogP contribution in [0.2, 0.25) is 0 Å². The highest BCUT2D eigenvalue weighted by Crippen LogP contribution is 2.37. The lowest BCUT2D eigenvalue weighted by Gasteiger charge is -2.36. The lowest BCUT2D eigenvalue weighted by molar-refractivity contribution is -0.0248. The number of rotatable bonds is 4. The first-order valence-corrected chi connectivity index (χ1v) is 8.89. The van der Waals surface area contributed by atoms with E-state index in [4.69, 9.17) is 0 Å². The molecule has 136 valence electrons. The van der Waals surface area contributed by atoms with Gasteiger partial charge in [0.05, 0.1) is 16.0 Å². The van der Waals surface area contributed by atoms with Gasteiger partial charge in [0.15, 0.2) is 5.65 Å². The SMILES string of the molecule is C[C@@H](NC(=O)c1cc(Br)c2ncnn2c1)C1CCCC(C(F)F)C1F. The van der Waals surface area contributed by atoms with Crippen LogP contribution in [0.3, 0.4) is 0 Å². The third-order valence-electron chi connectivity index (χ3n) is 4.81. The number of hydrogen-bond donors (Lipinski definition) is 1. The van der Waals surface area contributed by atoms with Crippen molar-refractivity contribution in [1.29, 1.82) is 0 Å². The van der Waals surface area contributed by atoms with Crippen molar-refractivity contribution < 1.29 is 18.0 Å². The third-order valence-corrected chi connectivity index (χ3v) is 5.39. The summed E-state index contributed by atoms with van der Waals surface area (Å²) < 4.78 is 42.4. The van der Waals surface area contributed by atoms with Crippen LogP contribution < -0.4 is 5.32 Å². The Balaban J connectivity index is 1.73. The molecule has 0 bridgehead atoms. The molecule has 1 aliphatic rings. The summed E-state index contributed by atoms with van der Waals surface area (Å²) in [5.41, 5.74) is 0.897.